The third-order valence-corrected chi connectivity index (χ3v) is 5.06. The number of nitrogens with zero attached hydrogens (tertiary/aromatic N) is 2. The molecule has 2 amide bonds. The maximum absolute atomic E-state index is 12.7. The zero-order chi connectivity index (χ0) is 18.0. The van der Waals surface area contributed by atoms with Crippen LogP contribution in [0.1, 0.15) is 42.8 Å². The fraction of sp³-hybridized carbons (Fsp3) is 0.474. The molecular formula is C19H25N3O3. The van der Waals surface area contributed by atoms with E-state index in [1.165, 1.54) is 0 Å². The first-order valence-corrected chi connectivity index (χ1v) is 8.70. The molecule has 0 spiro atoms. The fourth-order valence-electron chi connectivity index (χ4n) is 3.32. The molecule has 0 unspecified atom stereocenters. The molecule has 0 radical (unpaired) electrons. The van der Waals surface area contributed by atoms with Crippen LogP contribution in [-0.4, -0.2) is 22.0 Å². The highest BCUT2D eigenvalue weighted by Gasteiger charge is 2.32. The molecule has 0 aromatic carbocycles. The minimum absolute atomic E-state index is 0.0559. The largest absolute Gasteiger partial charge is 0.467 e. The number of hydrogen-bond donors (Lipinski definition) is 1. The lowest BCUT2D eigenvalue weighted by molar-refractivity contribution is 0.119. The molecule has 1 aliphatic heterocycles. The van der Waals surface area contributed by atoms with E-state index < -0.39 is 0 Å². The van der Waals surface area contributed by atoms with E-state index in [0.29, 0.717) is 18.0 Å². The molecule has 1 N–H and O–H groups in total. The van der Waals surface area contributed by atoms with E-state index in [1.807, 2.05) is 30.0 Å². The molecule has 134 valence electrons. The van der Waals surface area contributed by atoms with E-state index in [0.717, 1.165) is 24.3 Å². The molecule has 3 heterocycles. The summed E-state index contributed by atoms with van der Waals surface area (Å²) < 4.78 is 7.13. The van der Waals surface area contributed by atoms with Crippen molar-refractivity contribution in [2.45, 2.75) is 39.3 Å². The molecule has 2 aromatic rings. The van der Waals surface area contributed by atoms with Gasteiger partial charge >= 0.3 is 6.03 Å². The van der Waals surface area contributed by atoms with Crippen LogP contribution in [0.5, 0.6) is 0 Å². The van der Waals surface area contributed by atoms with E-state index in [4.69, 9.17) is 4.42 Å². The monoisotopic (exact) mass is 343 g/mol. The third-order valence-electron chi connectivity index (χ3n) is 5.06. The lowest BCUT2D eigenvalue weighted by Gasteiger charge is -2.37. The number of amides is 2. The minimum Gasteiger partial charge on any atom is -0.467 e. The van der Waals surface area contributed by atoms with Gasteiger partial charge in [-0.05, 0) is 43.9 Å². The standard InChI is InChI=1S/C19H25N3O3/c1-13-8-9-22(16(11-13)17-5-4-10-25-17)19(24)20-12-15-7-6-14(2)21(3)18(15)23/h4-7,10,13,16H,8-9,11-12H2,1-3H3,(H,20,24)/t13-,16-/m1/s1. The first-order valence-electron chi connectivity index (χ1n) is 8.70. The lowest BCUT2D eigenvalue weighted by Crippen LogP contribution is -2.46. The number of urea groups is 1. The van der Waals surface area contributed by atoms with Crippen LogP contribution in [-0.2, 0) is 13.6 Å². The predicted molar refractivity (Wildman–Crippen MR) is 95.2 cm³/mol. The van der Waals surface area contributed by atoms with Gasteiger partial charge in [-0.1, -0.05) is 13.0 Å². The van der Waals surface area contributed by atoms with Crippen molar-refractivity contribution in [3.63, 3.8) is 0 Å². The Bertz CT molecular complexity index is 795. The number of aromatic nitrogens is 1. The van der Waals surface area contributed by atoms with Crippen molar-refractivity contribution in [1.82, 2.24) is 14.8 Å². The summed E-state index contributed by atoms with van der Waals surface area (Å²) >= 11 is 0. The second-order valence-electron chi connectivity index (χ2n) is 6.88. The van der Waals surface area contributed by atoms with Gasteiger partial charge in [-0.25, -0.2) is 4.79 Å². The number of carbonyl (C=O) groups excluding carboxylic acids is 1. The van der Waals surface area contributed by atoms with Gasteiger partial charge in [0.05, 0.1) is 12.3 Å². The zero-order valence-corrected chi connectivity index (χ0v) is 15.0. The van der Waals surface area contributed by atoms with Crippen molar-refractivity contribution < 1.29 is 9.21 Å². The third kappa shape index (κ3) is 3.62. The van der Waals surface area contributed by atoms with Gasteiger partial charge in [-0.15, -0.1) is 0 Å². The Morgan fingerprint density at radius 3 is 2.88 bits per heavy atom. The number of furan rings is 1. The van der Waals surface area contributed by atoms with Crippen molar-refractivity contribution in [2.24, 2.45) is 13.0 Å². The van der Waals surface area contributed by atoms with Crippen molar-refractivity contribution in [3.8, 4) is 0 Å². The molecule has 0 bridgehead atoms. The van der Waals surface area contributed by atoms with E-state index >= 15 is 0 Å². The quantitative estimate of drug-likeness (QED) is 0.932. The molecule has 3 rings (SSSR count). The van der Waals surface area contributed by atoms with Gasteiger partial charge in [-0.3, -0.25) is 4.79 Å². The number of hydrogen-bond acceptors (Lipinski definition) is 3. The number of piperidine rings is 1. The summed E-state index contributed by atoms with van der Waals surface area (Å²) in [5.74, 6) is 1.36. The molecule has 2 atom stereocenters. The van der Waals surface area contributed by atoms with Crippen LogP contribution >= 0.6 is 0 Å². The van der Waals surface area contributed by atoms with Crippen LogP contribution in [0.2, 0.25) is 0 Å². The molecule has 2 aromatic heterocycles. The maximum atomic E-state index is 12.7. The van der Waals surface area contributed by atoms with Gasteiger partial charge in [-0.2, -0.15) is 0 Å². The summed E-state index contributed by atoms with van der Waals surface area (Å²) in [4.78, 5) is 26.8. The van der Waals surface area contributed by atoms with Crippen molar-refractivity contribution in [1.29, 1.82) is 0 Å². The van der Waals surface area contributed by atoms with Gasteiger partial charge in [0.1, 0.15) is 5.76 Å². The van der Waals surface area contributed by atoms with Crippen molar-refractivity contribution in [3.05, 3.63) is 57.9 Å². The molecular weight excluding hydrogens is 318 g/mol. The second kappa shape index (κ2) is 7.17. The Balaban J connectivity index is 1.71. The summed E-state index contributed by atoms with van der Waals surface area (Å²) in [6.07, 6.45) is 3.49. The fourth-order valence-corrected chi connectivity index (χ4v) is 3.32. The summed E-state index contributed by atoms with van der Waals surface area (Å²) in [7, 11) is 1.74. The zero-order valence-electron chi connectivity index (χ0n) is 15.0. The Labute approximate surface area is 147 Å². The highest BCUT2D eigenvalue weighted by molar-refractivity contribution is 5.74. The molecule has 1 aliphatic rings. The van der Waals surface area contributed by atoms with E-state index in [-0.39, 0.29) is 24.2 Å². The molecule has 1 fully saturated rings. The molecule has 0 saturated carbocycles. The number of aryl methyl sites for hydroxylation is 1. The normalized spacial score (nSPS) is 20.5. The van der Waals surface area contributed by atoms with Gasteiger partial charge in [0.15, 0.2) is 0 Å². The summed E-state index contributed by atoms with van der Waals surface area (Å²) in [5, 5.41) is 2.89. The number of rotatable bonds is 3. The maximum Gasteiger partial charge on any atom is 0.318 e. The van der Waals surface area contributed by atoms with E-state index in [9.17, 15) is 9.59 Å². The smallest absolute Gasteiger partial charge is 0.318 e. The van der Waals surface area contributed by atoms with Gasteiger partial charge in [0.2, 0.25) is 0 Å². The summed E-state index contributed by atoms with van der Waals surface area (Å²) in [6, 6.07) is 7.21. The Morgan fingerprint density at radius 1 is 1.36 bits per heavy atom. The first-order chi connectivity index (χ1) is 12.0. The number of carbonyl (C=O) groups is 1. The average Bonchev–Trinajstić information content (AvgIpc) is 3.13. The molecule has 1 saturated heterocycles. The Morgan fingerprint density at radius 2 is 2.16 bits per heavy atom. The van der Waals surface area contributed by atoms with E-state index in [1.54, 1.807) is 23.9 Å². The molecule has 6 nitrogen and oxygen atoms in total. The van der Waals surface area contributed by atoms with Crippen LogP contribution in [0.25, 0.3) is 0 Å². The molecule has 0 aliphatic carbocycles. The van der Waals surface area contributed by atoms with Gasteiger partial charge in [0.25, 0.3) is 5.56 Å². The van der Waals surface area contributed by atoms with Gasteiger partial charge in [0, 0.05) is 31.4 Å². The summed E-state index contributed by atoms with van der Waals surface area (Å²) in [5.41, 5.74) is 1.40. The number of nitrogens with one attached hydrogen (secondary N) is 1. The van der Waals surface area contributed by atoms with Crippen molar-refractivity contribution >= 4 is 6.03 Å². The van der Waals surface area contributed by atoms with Crippen LogP contribution in [0, 0.1) is 12.8 Å². The number of likely N-dealkylation sites (tertiary alicyclic amines) is 1. The Kier molecular flexibility index (Phi) is 4.97. The van der Waals surface area contributed by atoms with E-state index in [2.05, 4.69) is 12.2 Å². The second-order valence-corrected chi connectivity index (χ2v) is 6.88. The number of pyridine rings is 1. The highest BCUT2D eigenvalue weighted by atomic mass is 16.3. The predicted octanol–water partition coefficient (Wildman–Crippen LogP) is 2.97. The SMILES string of the molecule is Cc1ccc(CNC(=O)N2CC[C@@H](C)C[C@@H]2c2ccco2)c(=O)n1C. The van der Waals surface area contributed by atoms with Crippen LogP contribution < -0.4 is 10.9 Å². The minimum atomic E-state index is -0.157. The lowest BCUT2D eigenvalue weighted by atomic mass is 9.91. The van der Waals surface area contributed by atoms with Crippen molar-refractivity contribution in [2.75, 3.05) is 6.54 Å². The Hall–Kier alpha value is -2.50. The van der Waals surface area contributed by atoms with Crippen LogP contribution in [0.4, 0.5) is 4.79 Å². The van der Waals surface area contributed by atoms with Crippen LogP contribution in [0.3, 0.4) is 0 Å². The topological polar surface area (TPSA) is 67.5 Å². The summed E-state index contributed by atoms with van der Waals surface area (Å²) in [6.45, 7) is 4.99. The molecule has 25 heavy (non-hydrogen) atoms. The molecule has 6 heteroatoms. The average molecular weight is 343 g/mol. The first kappa shape index (κ1) is 17.3. The van der Waals surface area contributed by atoms with Gasteiger partial charge < -0.3 is 19.2 Å². The highest BCUT2D eigenvalue weighted by Crippen LogP contribution is 2.34. The van der Waals surface area contributed by atoms with Crippen LogP contribution in [0.15, 0.2) is 39.7 Å².